The summed E-state index contributed by atoms with van der Waals surface area (Å²) in [6.07, 6.45) is 0.147. The summed E-state index contributed by atoms with van der Waals surface area (Å²) in [4.78, 5) is 52.0. The van der Waals surface area contributed by atoms with Crippen LogP contribution in [0.25, 0.3) is 0 Å². The number of fused-ring (bicyclic) bond motifs is 1. The van der Waals surface area contributed by atoms with E-state index in [0.717, 1.165) is 4.90 Å². The molecule has 0 aliphatic carbocycles. The molecule has 4 rings (SSSR count). The summed E-state index contributed by atoms with van der Waals surface area (Å²) in [5, 5.41) is 2.16. The van der Waals surface area contributed by atoms with Crippen LogP contribution in [0.1, 0.15) is 33.6 Å². The van der Waals surface area contributed by atoms with Gasteiger partial charge in [-0.15, -0.1) is 0 Å². The lowest BCUT2D eigenvalue weighted by Crippen LogP contribution is -2.54. The molecule has 0 spiro atoms. The Morgan fingerprint density at radius 1 is 1.00 bits per heavy atom. The second-order valence-electron chi connectivity index (χ2n) is 6.79. The molecule has 2 fully saturated rings. The van der Waals surface area contributed by atoms with Crippen molar-refractivity contribution in [3.8, 4) is 0 Å². The number of imide groups is 2. The highest BCUT2D eigenvalue weighted by Gasteiger charge is 2.46. The second kappa shape index (κ2) is 6.15. The Kier molecular flexibility index (Phi) is 4.02. The normalized spacial score (nSPS) is 24.8. The molecule has 142 valence electrons. The van der Waals surface area contributed by atoms with Gasteiger partial charge in [0, 0.05) is 19.5 Å². The van der Waals surface area contributed by atoms with Crippen LogP contribution in [0.2, 0.25) is 0 Å². The maximum Gasteiger partial charge on any atom is 0.264 e. The minimum atomic E-state index is -3.09. The van der Waals surface area contributed by atoms with E-state index in [1.807, 2.05) is 0 Å². The SMILES string of the molecule is O=C1CCC(N2C(=O)c3cccc(N4CCS(=O)(=O)CC4)c3C2=O)C(=O)N1. The number of amides is 4. The van der Waals surface area contributed by atoms with Crippen LogP contribution in [0, 0.1) is 0 Å². The standard InChI is InChI=1S/C17H17N3O6S/c21-13-5-4-12(15(22)18-13)20-16(23)10-2-1-3-11(14(10)17(20)24)19-6-8-27(25,26)9-7-19/h1-3,12H,4-9H2,(H,18,21,22). The average molecular weight is 391 g/mol. The van der Waals surface area contributed by atoms with Crippen molar-refractivity contribution in [2.24, 2.45) is 0 Å². The molecule has 2 saturated heterocycles. The minimum Gasteiger partial charge on any atom is -0.369 e. The van der Waals surface area contributed by atoms with Crippen molar-refractivity contribution in [3.05, 3.63) is 29.3 Å². The van der Waals surface area contributed by atoms with Crippen LogP contribution in [0.4, 0.5) is 5.69 Å². The highest BCUT2D eigenvalue weighted by atomic mass is 32.2. The lowest BCUT2D eigenvalue weighted by molar-refractivity contribution is -0.136. The quantitative estimate of drug-likeness (QED) is 0.663. The molecule has 27 heavy (non-hydrogen) atoms. The molecular formula is C17H17N3O6S. The Hall–Kier alpha value is -2.75. The van der Waals surface area contributed by atoms with Gasteiger partial charge in [-0.05, 0) is 18.6 Å². The maximum absolute atomic E-state index is 13.0. The lowest BCUT2D eigenvalue weighted by atomic mass is 10.0. The first-order valence-corrected chi connectivity index (χ1v) is 10.4. The highest BCUT2D eigenvalue weighted by Crippen LogP contribution is 2.34. The molecular weight excluding hydrogens is 374 g/mol. The number of carbonyl (C=O) groups is 4. The molecule has 0 saturated carbocycles. The zero-order valence-corrected chi connectivity index (χ0v) is 15.1. The van der Waals surface area contributed by atoms with E-state index >= 15 is 0 Å². The van der Waals surface area contributed by atoms with Crippen LogP contribution in [0.5, 0.6) is 0 Å². The first-order valence-electron chi connectivity index (χ1n) is 8.58. The van der Waals surface area contributed by atoms with Gasteiger partial charge in [-0.25, -0.2) is 8.42 Å². The van der Waals surface area contributed by atoms with Crippen LogP contribution in [0.15, 0.2) is 18.2 Å². The van der Waals surface area contributed by atoms with Gasteiger partial charge >= 0.3 is 0 Å². The predicted octanol–water partition coefficient (Wildman–Crippen LogP) is -0.677. The van der Waals surface area contributed by atoms with Crippen LogP contribution in [-0.4, -0.2) is 67.6 Å². The van der Waals surface area contributed by atoms with Crippen molar-refractivity contribution in [3.63, 3.8) is 0 Å². The number of rotatable bonds is 2. The molecule has 1 N–H and O–H groups in total. The monoisotopic (exact) mass is 391 g/mol. The first kappa shape index (κ1) is 17.7. The Morgan fingerprint density at radius 2 is 1.70 bits per heavy atom. The van der Waals surface area contributed by atoms with Crippen LogP contribution in [0.3, 0.4) is 0 Å². The van der Waals surface area contributed by atoms with E-state index in [0.29, 0.717) is 5.69 Å². The molecule has 1 aromatic carbocycles. The van der Waals surface area contributed by atoms with E-state index in [1.165, 1.54) is 6.07 Å². The third-order valence-electron chi connectivity index (χ3n) is 5.13. The summed E-state index contributed by atoms with van der Waals surface area (Å²) >= 11 is 0. The molecule has 4 amide bonds. The summed E-state index contributed by atoms with van der Waals surface area (Å²) in [5.41, 5.74) is 0.873. The number of hydrogen-bond donors (Lipinski definition) is 1. The van der Waals surface area contributed by atoms with Gasteiger partial charge in [0.15, 0.2) is 9.84 Å². The fourth-order valence-corrected chi connectivity index (χ4v) is 4.92. The Balaban J connectivity index is 1.68. The minimum absolute atomic E-state index is 0.0182. The molecule has 0 bridgehead atoms. The van der Waals surface area contributed by atoms with E-state index in [-0.39, 0.29) is 48.6 Å². The average Bonchev–Trinajstić information content (AvgIpc) is 2.87. The predicted molar refractivity (Wildman–Crippen MR) is 94.0 cm³/mol. The second-order valence-corrected chi connectivity index (χ2v) is 9.09. The smallest absolute Gasteiger partial charge is 0.264 e. The summed E-state index contributed by atoms with van der Waals surface area (Å²) < 4.78 is 23.3. The molecule has 3 aliphatic rings. The molecule has 9 nitrogen and oxygen atoms in total. The molecule has 1 unspecified atom stereocenters. The highest BCUT2D eigenvalue weighted by molar-refractivity contribution is 7.91. The van der Waals surface area contributed by atoms with E-state index in [4.69, 9.17) is 0 Å². The van der Waals surface area contributed by atoms with Crippen molar-refractivity contribution in [2.45, 2.75) is 18.9 Å². The number of hydrogen-bond acceptors (Lipinski definition) is 7. The Bertz CT molecular complexity index is 972. The zero-order valence-electron chi connectivity index (χ0n) is 14.3. The number of sulfone groups is 1. The molecule has 1 aromatic rings. The van der Waals surface area contributed by atoms with Gasteiger partial charge in [0.1, 0.15) is 6.04 Å². The fraction of sp³-hybridized carbons (Fsp3) is 0.412. The van der Waals surface area contributed by atoms with E-state index < -0.39 is 39.5 Å². The first-order chi connectivity index (χ1) is 12.8. The molecule has 3 aliphatic heterocycles. The van der Waals surface area contributed by atoms with Crippen LogP contribution >= 0.6 is 0 Å². The van der Waals surface area contributed by atoms with Gasteiger partial charge in [-0.1, -0.05) is 6.07 Å². The van der Waals surface area contributed by atoms with Crippen molar-refractivity contribution < 1.29 is 27.6 Å². The van der Waals surface area contributed by atoms with Gasteiger partial charge in [0.05, 0.1) is 28.3 Å². The van der Waals surface area contributed by atoms with Gasteiger partial charge < -0.3 is 4.90 Å². The Morgan fingerprint density at radius 3 is 2.37 bits per heavy atom. The fourth-order valence-electron chi connectivity index (χ4n) is 3.71. The lowest BCUT2D eigenvalue weighted by Gasteiger charge is -2.30. The van der Waals surface area contributed by atoms with Gasteiger partial charge in [-0.2, -0.15) is 0 Å². The third kappa shape index (κ3) is 2.89. The number of nitrogens with zero attached hydrogens (tertiary/aromatic N) is 2. The zero-order chi connectivity index (χ0) is 19.3. The Labute approximate surface area is 155 Å². The van der Waals surface area contributed by atoms with Crippen molar-refractivity contribution in [2.75, 3.05) is 29.5 Å². The third-order valence-corrected chi connectivity index (χ3v) is 6.74. The van der Waals surface area contributed by atoms with Crippen LogP contribution in [-0.2, 0) is 19.4 Å². The summed E-state index contributed by atoms with van der Waals surface area (Å²) in [7, 11) is -3.09. The van der Waals surface area contributed by atoms with Crippen LogP contribution < -0.4 is 10.2 Å². The number of nitrogens with one attached hydrogen (secondary N) is 1. The van der Waals surface area contributed by atoms with Crippen molar-refractivity contribution >= 4 is 39.2 Å². The largest absolute Gasteiger partial charge is 0.369 e. The van der Waals surface area contributed by atoms with Crippen molar-refractivity contribution in [1.82, 2.24) is 10.2 Å². The number of benzene rings is 1. The molecule has 10 heteroatoms. The van der Waals surface area contributed by atoms with E-state index in [9.17, 15) is 27.6 Å². The summed E-state index contributed by atoms with van der Waals surface area (Å²) in [6.45, 7) is 0.470. The molecule has 0 radical (unpaired) electrons. The van der Waals surface area contributed by atoms with Gasteiger partial charge in [0.2, 0.25) is 11.8 Å². The van der Waals surface area contributed by atoms with E-state index in [2.05, 4.69) is 5.32 Å². The molecule has 0 aromatic heterocycles. The summed E-state index contributed by atoms with van der Waals surface area (Å²) in [6, 6.07) is 3.81. The number of carbonyl (C=O) groups excluding carboxylic acids is 4. The van der Waals surface area contributed by atoms with Gasteiger partial charge in [0.25, 0.3) is 11.8 Å². The number of piperidine rings is 1. The number of anilines is 1. The van der Waals surface area contributed by atoms with Gasteiger partial charge in [-0.3, -0.25) is 29.4 Å². The summed E-state index contributed by atoms with van der Waals surface area (Å²) in [5.74, 6) is -2.29. The van der Waals surface area contributed by atoms with Crippen molar-refractivity contribution in [1.29, 1.82) is 0 Å². The molecule has 3 heterocycles. The van der Waals surface area contributed by atoms with E-state index in [1.54, 1.807) is 17.0 Å². The molecule has 1 atom stereocenters. The topological polar surface area (TPSA) is 121 Å². The maximum atomic E-state index is 13.0.